The summed E-state index contributed by atoms with van der Waals surface area (Å²) in [5.41, 5.74) is 0. The molecule has 1 rings (SSSR count). The molecule has 0 unspecified atom stereocenters. The number of hydrogen-bond acceptors (Lipinski definition) is 2. The van der Waals surface area contributed by atoms with Crippen molar-refractivity contribution >= 4 is 5.82 Å². The third kappa shape index (κ3) is 1.50. The van der Waals surface area contributed by atoms with Gasteiger partial charge < -0.3 is 0 Å². The zero-order valence-corrected chi connectivity index (χ0v) is 5.70. The van der Waals surface area contributed by atoms with Gasteiger partial charge in [-0.3, -0.25) is 0 Å². The van der Waals surface area contributed by atoms with Crippen molar-refractivity contribution in [1.29, 1.82) is 0 Å². The van der Waals surface area contributed by atoms with E-state index in [1.54, 1.807) is 6.20 Å². The predicted octanol–water partition coefficient (Wildman–Crippen LogP) is 1.11. The zero-order valence-electron chi connectivity index (χ0n) is 5.70. The van der Waals surface area contributed by atoms with Gasteiger partial charge in [-0.1, -0.05) is 6.07 Å². The average molecular weight is 122 g/mol. The van der Waals surface area contributed by atoms with E-state index < -0.39 is 0 Å². The molecule has 0 spiro atoms. The van der Waals surface area contributed by atoms with Crippen LogP contribution in [0.15, 0.2) is 24.4 Å². The van der Waals surface area contributed by atoms with Crippen molar-refractivity contribution in [2.45, 2.75) is 0 Å². The van der Waals surface area contributed by atoms with Gasteiger partial charge in [0, 0.05) is 12.3 Å². The van der Waals surface area contributed by atoms with Crippen LogP contribution in [0.2, 0.25) is 0 Å². The van der Waals surface area contributed by atoms with E-state index in [-0.39, 0.29) is 0 Å². The minimum atomic E-state index is 0.998. The van der Waals surface area contributed by atoms with Crippen LogP contribution in [0.4, 0.5) is 5.82 Å². The van der Waals surface area contributed by atoms with Gasteiger partial charge in [-0.15, -0.1) is 4.90 Å². The predicted molar refractivity (Wildman–Crippen MR) is 37.9 cm³/mol. The van der Waals surface area contributed by atoms with Crippen molar-refractivity contribution in [2.24, 2.45) is 0 Å². The first-order valence-electron chi connectivity index (χ1n) is 2.89. The molecule has 0 aliphatic carbocycles. The SMILES string of the molecule is C[N+](C)c1ccccn1. The van der Waals surface area contributed by atoms with Crippen molar-refractivity contribution in [2.75, 3.05) is 14.1 Å². The van der Waals surface area contributed by atoms with Crippen LogP contribution in [0.1, 0.15) is 0 Å². The lowest BCUT2D eigenvalue weighted by atomic mass is 10.4. The van der Waals surface area contributed by atoms with Gasteiger partial charge >= 0.3 is 0 Å². The number of pyridine rings is 1. The Morgan fingerprint density at radius 2 is 2.11 bits per heavy atom. The van der Waals surface area contributed by atoms with Crippen LogP contribution in [-0.2, 0) is 0 Å². The molecule has 0 aliphatic heterocycles. The molecule has 0 saturated carbocycles. The Balaban J connectivity index is 2.85. The zero-order chi connectivity index (χ0) is 6.69. The minimum absolute atomic E-state index is 0.998. The Morgan fingerprint density at radius 3 is 2.44 bits per heavy atom. The lowest BCUT2D eigenvalue weighted by Gasteiger charge is -1.94. The van der Waals surface area contributed by atoms with Gasteiger partial charge in [-0.05, 0) is 6.07 Å². The summed E-state index contributed by atoms with van der Waals surface area (Å²) in [7, 11) is 3.95. The largest absolute Gasteiger partial charge is 0.275 e. The topological polar surface area (TPSA) is 18.8 Å². The van der Waals surface area contributed by atoms with Crippen molar-refractivity contribution in [1.82, 2.24) is 9.88 Å². The van der Waals surface area contributed by atoms with Crippen LogP contribution in [0.3, 0.4) is 0 Å². The first-order valence-corrected chi connectivity index (χ1v) is 2.89. The fraction of sp³-hybridized carbons (Fsp3) is 0.286. The molecule has 1 aromatic heterocycles. The van der Waals surface area contributed by atoms with E-state index in [4.69, 9.17) is 0 Å². The normalized spacial score (nSPS) is 10.1. The second kappa shape index (κ2) is 2.60. The van der Waals surface area contributed by atoms with Gasteiger partial charge in [0.25, 0.3) is 5.82 Å². The number of anilines is 1. The molecule has 9 heavy (non-hydrogen) atoms. The van der Waals surface area contributed by atoms with E-state index >= 15 is 0 Å². The van der Waals surface area contributed by atoms with Crippen LogP contribution < -0.4 is 4.90 Å². The summed E-state index contributed by atoms with van der Waals surface area (Å²) in [6.45, 7) is 0. The Morgan fingerprint density at radius 1 is 1.33 bits per heavy atom. The Hall–Kier alpha value is -0.890. The van der Waals surface area contributed by atoms with Gasteiger partial charge in [0.05, 0.1) is 0 Å². The molecule has 0 aromatic carbocycles. The van der Waals surface area contributed by atoms with E-state index in [1.807, 2.05) is 37.2 Å². The fourth-order valence-electron chi connectivity index (χ4n) is 0.618. The molecule has 0 bridgehead atoms. The highest BCUT2D eigenvalue weighted by Crippen LogP contribution is 2.01. The summed E-state index contributed by atoms with van der Waals surface area (Å²) in [6, 6.07) is 5.86. The summed E-state index contributed by atoms with van der Waals surface area (Å²) < 4.78 is 0. The van der Waals surface area contributed by atoms with Crippen LogP contribution >= 0.6 is 0 Å². The van der Waals surface area contributed by atoms with Crippen LogP contribution in [0.5, 0.6) is 0 Å². The fourth-order valence-corrected chi connectivity index (χ4v) is 0.618. The summed E-state index contributed by atoms with van der Waals surface area (Å²) in [6.07, 6.45) is 1.79. The molecule has 0 saturated heterocycles. The average Bonchev–Trinajstić information content (AvgIpc) is 1.90. The Bertz CT molecular complexity index is 170. The first kappa shape index (κ1) is 6.23. The van der Waals surface area contributed by atoms with Crippen molar-refractivity contribution in [3.05, 3.63) is 24.4 Å². The van der Waals surface area contributed by atoms with E-state index in [2.05, 4.69) is 4.98 Å². The van der Waals surface area contributed by atoms with Crippen LogP contribution in [0.25, 0.3) is 0 Å². The number of nitrogens with zero attached hydrogens (tertiary/aromatic N) is 2. The molecule has 47 valence electrons. The van der Waals surface area contributed by atoms with E-state index in [1.165, 1.54) is 0 Å². The van der Waals surface area contributed by atoms with Gasteiger partial charge in [0.2, 0.25) is 0 Å². The third-order valence-electron chi connectivity index (χ3n) is 1.11. The highest BCUT2D eigenvalue weighted by molar-refractivity contribution is 5.26. The van der Waals surface area contributed by atoms with Crippen molar-refractivity contribution < 1.29 is 0 Å². The second-order valence-corrected chi connectivity index (χ2v) is 2.08. The van der Waals surface area contributed by atoms with Gasteiger partial charge in [-0.2, -0.15) is 0 Å². The third-order valence-corrected chi connectivity index (χ3v) is 1.11. The maximum Gasteiger partial charge on any atom is 0.275 e. The smallest absolute Gasteiger partial charge is 0.201 e. The molecule has 2 nitrogen and oxygen atoms in total. The summed E-state index contributed by atoms with van der Waals surface area (Å²) >= 11 is 0. The number of rotatable bonds is 1. The van der Waals surface area contributed by atoms with Gasteiger partial charge in [-0.25, -0.2) is 4.98 Å². The highest BCUT2D eigenvalue weighted by atomic mass is 15.1. The molecule has 1 aromatic rings. The molecule has 0 atom stereocenters. The maximum atomic E-state index is 4.10. The second-order valence-electron chi connectivity index (χ2n) is 2.08. The highest BCUT2D eigenvalue weighted by Gasteiger charge is 2.02. The van der Waals surface area contributed by atoms with E-state index in [0.29, 0.717) is 0 Å². The first-order chi connectivity index (χ1) is 4.30. The molecule has 0 fully saturated rings. The standard InChI is InChI=1S/C7H10N2/c1-9(2)7-5-3-4-6-8-7/h3-6H,1-2H3/q+1. The van der Waals surface area contributed by atoms with Gasteiger partial charge in [0.15, 0.2) is 0 Å². The molecule has 1 radical (unpaired) electrons. The maximum absolute atomic E-state index is 4.10. The molecule has 0 aliphatic rings. The van der Waals surface area contributed by atoms with Crippen LogP contribution in [0, 0.1) is 0 Å². The summed E-state index contributed by atoms with van der Waals surface area (Å²) in [4.78, 5) is 6.08. The van der Waals surface area contributed by atoms with Crippen molar-refractivity contribution in [3.63, 3.8) is 0 Å². The molecule has 2 heteroatoms. The quantitative estimate of drug-likeness (QED) is 0.510. The number of aromatic nitrogens is 1. The van der Waals surface area contributed by atoms with Gasteiger partial charge in [0.1, 0.15) is 14.1 Å². The number of hydrogen-bond donors (Lipinski definition) is 0. The lowest BCUT2D eigenvalue weighted by Crippen LogP contribution is -2.11. The minimum Gasteiger partial charge on any atom is -0.201 e. The molecule has 1 heterocycles. The molecule has 0 N–H and O–H groups in total. The van der Waals surface area contributed by atoms with E-state index in [9.17, 15) is 0 Å². The monoisotopic (exact) mass is 122 g/mol. The molecular weight excluding hydrogens is 112 g/mol. The summed E-state index contributed by atoms with van der Waals surface area (Å²) in [5, 5.41) is 0. The lowest BCUT2D eigenvalue weighted by molar-refractivity contribution is 0.737. The Kier molecular flexibility index (Phi) is 1.80. The molecule has 0 amide bonds. The summed E-state index contributed by atoms with van der Waals surface area (Å²) in [5.74, 6) is 0.998. The van der Waals surface area contributed by atoms with E-state index in [0.717, 1.165) is 5.82 Å². The van der Waals surface area contributed by atoms with Crippen LogP contribution in [-0.4, -0.2) is 19.1 Å². The van der Waals surface area contributed by atoms with Crippen molar-refractivity contribution in [3.8, 4) is 0 Å². The Labute approximate surface area is 55.1 Å². The molecular formula is C7H10N2+.